The van der Waals surface area contributed by atoms with Crippen molar-refractivity contribution in [3.63, 3.8) is 0 Å². The standard InChI is InChI=1S/C17H27N3O4.ClH/c1-19(12-16(21)20-7-5-18-6-8-20)11-13-9-14(22-2)17(24-4)15(10-13)23-3;/h9-10,18H,5-8,11-12H2,1-4H3;1H. The van der Waals surface area contributed by atoms with Crippen LogP contribution in [0.4, 0.5) is 0 Å². The Hall–Kier alpha value is -1.70. The van der Waals surface area contributed by atoms with Gasteiger partial charge in [0, 0.05) is 32.7 Å². The molecule has 1 fully saturated rings. The first kappa shape index (κ1) is 21.3. The summed E-state index contributed by atoms with van der Waals surface area (Å²) in [6.07, 6.45) is 0. The normalized spacial score (nSPS) is 14.0. The van der Waals surface area contributed by atoms with Crippen molar-refractivity contribution in [3.8, 4) is 17.2 Å². The molecule has 8 heteroatoms. The lowest BCUT2D eigenvalue weighted by molar-refractivity contribution is -0.132. The Morgan fingerprint density at radius 3 is 2.16 bits per heavy atom. The van der Waals surface area contributed by atoms with Crippen LogP contribution in [0.3, 0.4) is 0 Å². The summed E-state index contributed by atoms with van der Waals surface area (Å²) in [6, 6.07) is 3.82. The maximum Gasteiger partial charge on any atom is 0.236 e. The molecule has 0 radical (unpaired) electrons. The molecule has 1 heterocycles. The molecule has 1 aromatic carbocycles. The zero-order valence-electron chi connectivity index (χ0n) is 15.3. The molecule has 1 aromatic rings. The Bertz CT molecular complexity index is 540. The van der Waals surface area contributed by atoms with Crippen molar-refractivity contribution in [2.75, 3.05) is 61.1 Å². The van der Waals surface area contributed by atoms with Gasteiger partial charge in [0.2, 0.25) is 11.7 Å². The van der Waals surface area contributed by atoms with Gasteiger partial charge >= 0.3 is 0 Å². The minimum absolute atomic E-state index is 0. The quantitative estimate of drug-likeness (QED) is 0.769. The Morgan fingerprint density at radius 2 is 1.68 bits per heavy atom. The van der Waals surface area contributed by atoms with Crippen molar-refractivity contribution in [2.24, 2.45) is 0 Å². The molecule has 1 N–H and O–H groups in total. The van der Waals surface area contributed by atoms with Crippen molar-refractivity contribution < 1.29 is 19.0 Å². The van der Waals surface area contributed by atoms with Gasteiger partial charge in [0.05, 0.1) is 27.9 Å². The molecule has 0 spiro atoms. The van der Waals surface area contributed by atoms with Crippen molar-refractivity contribution in [1.82, 2.24) is 15.1 Å². The van der Waals surface area contributed by atoms with E-state index in [9.17, 15) is 4.79 Å². The number of piperazine rings is 1. The Labute approximate surface area is 155 Å². The van der Waals surface area contributed by atoms with Crippen LogP contribution in [-0.2, 0) is 11.3 Å². The lowest BCUT2D eigenvalue weighted by Gasteiger charge is -2.29. The molecular weight excluding hydrogens is 346 g/mol. The first-order valence-corrected chi connectivity index (χ1v) is 8.05. The third-order valence-electron chi connectivity index (χ3n) is 4.05. The van der Waals surface area contributed by atoms with Gasteiger partial charge in [-0.05, 0) is 24.7 Å². The number of hydrogen-bond donors (Lipinski definition) is 1. The fraction of sp³-hybridized carbons (Fsp3) is 0.588. The molecule has 0 bridgehead atoms. The summed E-state index contributed by atoms with van der Waals surface area (Å²) in [5, 5.41) is 3.25. The second-order valence-corrected chi connectivity index (χ2v) is 5.84. The second-order valence-electron chi connectivity index (χ2n) is 5.84. The number of amides is 1. The van der Waals surface area contributed by atoms with Crippen LogP contribution in [0.5, 0.6) is 17.2 Å². The van der Waals surface area contributed by atoms with Gasteiger partial charge in [-0.25, -0.2) is 0 Å². The number of benzene rings is 1. The predicted molar refractivity (Wildman–Crippen MR) is 99.1 cm³/mol. The van der Waals surface area contributed by atoms with Crippen LogP contribution in [0.2, 0.25) is 0 Å². The van der Waals surface area contributed by atoms with E-state index in [1.807, 2.05) is 29.0 Å². The van der Waals surface area contributed by atoms with Gasteiger partial charge in [-0.2, -0.15) is 0 Å². The summed E-state index contributed by atoms with van der Waals surface area (Å²) < 4.78 is 16.1. The zero-order chi connectivity index (χ0) is 17.5. The average Bonchev–Trinajstić information content (AvgIpc) is 2.61. The number of nitrogens with one attached hydrogen (secondary N) is 1. The molecule has 1 aliphatic heterocycles. The van der Waals surface area contributed by atoms with Gasteiger partial charge in [0.15, 0.2) is 11.5 Å². The SMILES string of the molecule is COc1cc(CN(C)CC(=O)N2CCNCC2)cc(OC)c1OC.Cl. The Morgan fingerprint density at radius 1 is 1.12 bits per heavy atom. The monoisotopic (exact) mass is 373 g/mol. The minimum Gasteiger partial charge on any atom is -0.493 e. The lowest BCUT2D eigenvalue weighted by Crippen LogP contribution is -2.49. The van der Waals surface area contributed by atoms with E-state index >= 15 is 0 Å². The smallest absolute Gasteiger partial charge is 0.236 e. The number of likely N-dealkylation sites (N-methyl/N-ethyl adjacent to an activating group) is 1. The molecule has 1 amide bonds. The van der Waals surface area contributed by atoms with E-state index in [0.717, 1.165) is 31.7 Å². The summed E-state index contributed by atoms with van der Waals surface area (Å²) in [7, 11) is 6.71. The van der Waals surface area contributed by atoms with Gasteiger partial charge in [-0.1, -0.05) is 0 Å². The molecule has 25 heavy (non-hydrogen) atoms. The number of hydrogen-bond acceptors (Lipinski definition) is 6. The van der Waals surface area contributed by atoms with E-state index in [0.29, 0.717) is 30.3 Å². The number of halogens is 1. The Kier molecular flexibility index (Phi) is 8.82. The zero-order valence-corrected chi connectivity index (χ0v) is 16.1. The number of methoxy groups -OCH3 is 3. The van der Waals surface area contributed by atoms with E-state index in [1.54, 1.807) is 21.3 Å². The van der Waals surface area contributed by atoms with E-state index in [-0.39, 0.29) is 18.3 Å². The third kappa shape index (κ3) is 5.66. The molecule has 2 rings (SSSR count). The van der Waals surface area contributed by atoms with Gasteiger partial charge in [-0.15, -0.1) is 12.4 Å². The van der Waals surface area contributed by atoms with Crippen molar-refractivity contribution in [1.29, 1.82) is 0 Å². The molecule has 0 saturated carbocycles. The summed E-state index contributed by atoms with van der Waals surface area (Å²) >= 11 is 0. The summed E-state index contributed by atoms with van der Waals surface area (Å²) in [5.41, 5.74) is 1.00. The molecule has 1 saturated heterocycles. The average molecular weight is 374 g/mol. The lowest BCUT2D eigenvalue weighted by atomic mass is 10.1. The molecule has 0 aliphatic carbocycles. The highest BCUT2D eigenvalue weighted by Crippen LogP contribution is 2.38. The molecule has 1 aliphatic rings. The largest absolute Gasteiger partial charge is 0.493 e. The molecule has 7 nitrogen and oxygen atoms in total. The molecule has 0 atom stereocenters. The van der Waals surface area contributed by atoms with Crippen LogP contribution in [0.15, 0.2) is 12.1 Å². The number of ether oxygens (including phenoxy) is 3. The summed E-state index contributed by atoms with van der Waals surface area (Å²) in [5.74, 6) is 1.97. The maximum absolute atomic E-state index is 12.3. The fourth-order valence-electron chi connectivity index (χ4n) is 2.84. The first-order chi connectivity index (χ1) is 11.6. The summed E-state index contributed by atoms with van der Waals surface area (Å²) in [4.78, 5) is 16.2. The highest BCUT2D eigenvalue weighted by molar-refractivity contribution is 5.85. The van der Waals surface area contributed by atoms with Gasteiger partial charge < -0.3 is 24.4 Å². The van der Waals surface area contributed by atoms with E-state index in [1.165, 1.54) is 0 Å². The van der Waals surface area contributed by atoms with Crippen molar-refractivity contribution in [2.45, 2.75) is 6.54 Å². The highest BCUT2D eigenvalue weighted by Gasteiger charge is 2.19. The van der Waals surface area contributed by atoms with Gasteiger partial charge in [-0.3, -0.25) is 9.69 Å². The van der Waals surface area contributed by atoms with Crippen LogP contribution in [0, 0.1) is 0 Å². The number of rotatable bonds is 7. The third-order valence-corrected chi connectivity index (χ3v) is 4.05. The number of nitrogens with zero attached hydrogens (tertiary/aromatic N) is 2. The fourth-order valence-corrected chi connectivity index (χ4v) is 2.84. The second kappa shape index (κ2) is 10.3. The summed E-state index contributed by atoms with van der Waals surface area (Å²) in [6.45, 7) is 4.28. The van der Waals surface area contributed by atoms with Crippen molar-refractivity contribution in [3.05, 3.63) is 17.7 Å². The molecule has 142 valence electrons. The van der Waals surface area contributed by atoms with Crippen LogP contribution >= 0.6 is 12.4 Å². The minimum atomic E-state index is 0. The van der Waals surface area contributed by atoms with E-state index in [2.05, 4.69) is 5.32 Å². The first-order valence-electron chi connectivity index (χ1n) is 8.05. The number of carbonyl (C=O) groups excluding carboxylic acids is 1. The van der Waals surface area contributed by atoms with Crippen LogP contribution in [0.25, 0.3) is 0 Å². The Balaban J connectivity index is 0.00000312. The molecule has 0 aromatic heterocycles. The van der Waals surface area contributed by atoms with Crippen LogP contribution in [-0.4, -0.2) is 76.8 Å². The van der Waals surface area contributed by atoms with Crippen molar-refractivity contribution >= 4 is 18.3 Å². The van der Waals surface area contributed by atoms with Gasteiger partial charge in [0.25, 0.3) is 0 Å². The maximum atomic E-state index is 12.3. The molecule has 0 unspecified atom stereocenters. The van der Waals surface area contributed by atoms with E-state index < -0.39 is 0 Å². The van der Waals surface area contributed by atoms with Crippen LogP contribution in [0.1, 0.15) is 5.56 Å². The van der Waals surface area contributed by atoms with E-state index in [4.69, 9.17) is 14.2 Å². The van der Waals surface area contributed by atoms with Crippen LogP contribution < -0.4 is 19.5 Å². The predicted octanol–water partition coefficient (Wildman–Crippen LogP) is 0.998. The molecular formula is C17H28ClN3O4. The number of carbonyl (C=O) groups is 1. The highest BCUT2D eigenvalue weighted by atomic mass is 35.5. The topological polar surface area (TPSA) is 63.3 Å². The van der Waals surface area contributed by atoms with Gasteiger partial charge in [0.1, 0.15) is 0 Å².